The highest BCUT2D eigenvalue weighted by Crippen LogP contribution is 2.34. The number of halogens is 1. The molecule has 1 saturated heterocycles. The van der Waals surface area contributed by atoms with E-state index in [0.29, 0.717) is 28.1 Å². The largest absolute Gasteiger partial charge is 0.441 e. The second-order valence-corrected chi connectivity index (χ2v) is 7.96. The first-order valence-electron chi connectivity index (χ1n) is 9.77. The first kappa shape index (κ1) is 19.4. The normalized spacial score (nSPS) is 20.1. The Balaban J connectivity index is 1.41. The molecule has 8 nitrogen and oxygen atoms in total. The van der Waals surface area contributed by atoms with Gasteiger partial charge in [-0.1, -0.05) is 41.1 Å². The number of fused-ring (bicyclic) bond motifs is 1. The molecule has 9 heteroatoms. The molecule has 0 radical (unpaired) electrons. The molecule has 2 amide bonds. The minimum atomic E-state index is -0.880. The molecular weight excluding hydrogens is 418 g/mol. The first-order valence-corrected chi connectivity index (χ1v) is 10.1. The second-order valence-electron chi connectivity index (χ2n) is 7.52. The van der Waals surface area contributed by atoms with Crippen molar-refractivity contribution in [3.05, 3.63) is 70.6 Å². The highest BCUT2D eigenvalue weighted by molar-refractivity contribution is 6.31. The summed E-state index contributed by atoms with van der Waals surface area (Å²) in [5.74, 6) is 0.330. The number of aryl methyl sites for hydroxylation is 2. The van der Waals surface area contributed by atoms with Crippen LogP contribution in [0.5, 0.6) is 0 Å². The zero-order valence-electron chi connectivity index (χ0n) is 16.8. The lowest BCUT2D eigenvalue weighted by molar-refractivity contribution is -0.123. The van der Waals surface area contributed by atoms with Gasteiger partial charge in [-0.15, -0.1) is 0 Å². The summed E-state index contributed by atoms with van der Waals surface area (Å²) < 4.78 is 5.87. The predicted octanol–water partition coefficient (Wildman–Crippen LogP) is 4.11. The molecular formula is C22H18ClN5O3. The Morgan fingerprint density at radius 3 is 2.65 bits per heavy atom. The number of anilines is 1. The van der Waals surface area contributed by atoms with E-state index >= 15 is 0 Å². The van der Waals surface area contributed by atoms with Crippen LogP contribution >= 0.6 is 11.6 Å². The van der Waals surface area contributed by atoms with Crippen molar-refractivity contribution in [1.29, 1.82) is 0 Å². The van der Waals surface area contributed by atoms with Crippen molar-refractivity contribution in [2.24, 2.45) is 10.3 Å². The average Bonchev–Trinajstić information content (AvgIpc) is 3.39. The Bertz CT molecular complexity index is 1240. The van der Waals surface area contributed by atoms with Crippen molar-refractivity contribution in [3.8, 4) is 11.5 Å². The lowest BCUT2D eigenvalue weighted by atomic mass is 10.1. The topological polar surface area (TPSA) is 91.4 Å². The summed E-state index contributed by atoms with van der Waals surface area (Å²) in [6.45, 7) is 4.00. The zero-order valence-corrected chi connectivity index (χ0v) is 17.6. The van der Waals surface area contributed by atoms with E-state index in [4.69, 9.17) is 16.0 Å². The number of aromatic nitrogens is 1. The SMILES string of the molecule is Cc1ccccc1-c1nc(CN2N=N[C@H]3C(=O)N(c4cccc(Cl)c4)C(=O)[C@H]32)c(C)o1. The number of imide groups is 1. The van der Waals surface area contributed by atoms with Crippen LogP contribution in [0.4, 0.5) is 5.69 Å². The van der Waals surface area contributed by atoms with E-state index < -0.39 is 18.0 Å². The van der Waals surface area contributed by atoms with E-state index in [0.717, 1.165) is 16.0 Å². The van der Waals surface area contributed by atoms with E-state index in [1.165, 1.54) is 5.01 Å². The quantitative estimate of drug-likeness (QED) is 0.575. The molecule has 156 valence electrons. The molecule has 2 aliphatic heterocycles. The third kappa shape index (κ3) is 3.19. The van der Waals surface area contributed by atoms with Gasteiger partial charge in [0, 0.05) is 10.6 Å². The summed E-state index contributed by atoms with van der Waals surface area (Å²) in [7, 11) is 0. The minimum Gasteiger partial charge on any atom is -0.441 e. The molecule has 1 fully saturated rings. The summed E-state index contributed by atoms with van der Waals surface area (Å²) in [4.78, 5) is 31.7. The molecule has 0 unspecified atom stereocenters. The molecule has 2 aliphatic rings. The maximum atomic E-state index is 13.1. The Hall–Kier alpha value is -3.52. The van der Waals surface area contributed by atoms with Crippen LogP contribution in [0.2, 0.25) is 5.02 Å². The van der Waals surface area contributed by atoms with Gasteiger partial charge in [0.1, 0.15) is 11.5 Å². The molecule has 3 heterocycles. The van der Waals surface area contributed by atoms with Crippen LogP contribution in [0.3, 0.4) is 0 Å². The maximum Gasteiger partial charge on any atom is 0.263 e. The number of amides is 2. The smallest absolute Gasteiger partial charge is 0.263 e. The number of carbonyl (C=O) groups excluding carboxylic acids is 2. The number of rotatable bonds is 4. The van der Waals surface area contributed by atoms with Crippen LogP contribution in [0.1, 0.15) is 17.0 Å². The maximum absolute atomic E-state index is 13.1. The molecule has 0 saturated carbocycles. The second kappa shape index (κ2) is 7.31. The molecule has 2 aromatic carbocycles. The molecule has 2 atom stereocenters. The van der Waals surface area contributed by atoms with E-state index in [2.05, 4.69) is 15.3 Å². The van der Waals surface area contributed by atoms with Gasteiger partial charge in [0.15, 0.2) is 12.1 Å². The van der Waals surface area contributed by atoms with Crippen LogP contribution in [0.15, 0.2) is 63.3 Å². The zero-order chi connectivity index (χ0) is 21.7. The van der Waals surface area contributed by atoms with E-state index in [1.807, 2.05) is 38.1 Å². The number of hydrogen-bond acceptors (Lipinski definition) is 7. The van der Waals surface area contributed by atoms with Gasteiger partial charge < -0.3 is 4.42 Å². The van der Waals surface area contributed by atoms with Gasteiger partial charge in [0.05, 0.1) is 12.2 Å². The fraction of sp³-hybridized carbons (Fsp3) is 0.227. The molecule has 31 heavy (non-hydrogen) atoms. The van der Waals surface area contributed by atoms with Gasteiger partial charge in [-0.05, 0) is 43.7 Å². The number of benzene rings is 2. The van der Waals surface area contributed by atoms with Crippen molar-refractivity contribution in [2.75, 3.05) is 4.90 Å². The average molecular weight is 436 g/mol. The van der Waals surface area contributed by atoms with Gasteiger partial charge in [-0.25, -0.2) is 9.88 Å². The van der Waals surface area contributed by atoms with E-state index in [9.17, 15) is 9.59 Å². The number of hydrogen-bond donors (Lipinski definition) is 0. The molecule has 0 N–H and O–H groups in total. The van der Waals surface area contributed by atoms with Crippen molar-refractivity contribution in [2.45, 2.75) is 32.5 Å². The fourth-order valence-corrected chi connectivity index (χ4v) is 4.06. The van der Waals surface area contributed by atoms with Gasteiger partial charge in [-0.3, -0.25) is 14.6 Å². The lowest BCUT2D eigenvalue weighted by Crippen LogP contribution is -2.39. The molecule has 0 bridgehead atoms. The standard InChI is InChI=1S/C22H18ClN5O3/c1-12-6-3-4-9-16(12)20-24-17(13(2)31-20)11-27-19-18(25-26-27)21(29)28(22(19)30)15-8-5-7-14(23)10-15/h3-10,18-19H,11H2,1-2H3/t18-,19+/m1/s1. The third-order valence-corrected chi connectivity index (χ3v) is 5.74. The van der Waals surface area contributed by atoms with Crippen LogP contribution in [0.25, 0.3) is 11.5 Å². The minimum absolute atomic E-state index is 0.203. The number of nitrogens with zero attached hydrogens (tertiary/aromatic N) is 5. The summed E-state index contributed by atoms with van der Waals surface area (Å²) in [6.07, 6.45) is 0. The third-order valence-electron chi connectivity index (χ3n) is 5.50. The molecule has 0 aliphatic carbocycles. The predicted molar refractivity (Wildman–Crippen MR) is 113 cm³/mol. The van der Waals surface area contributed by atoms with Crippen molar-refractivity contribution in [1.82, 2.24) is 9.99 Å². The Morgan fingerprint density at radius 1 is 1.06 bits per heavy atom. The van der Waals surface area contributed by atoms with Crippen LogP contribution in [-0.4, -0.2) is 33.9 Å². The number of oxazole rings is 1. The number of carbonyl (C=O) groups is 2. The fourth-order valence-electron chi connectivity index (χ4n) is 3.88. The highest BCUT2D eigenvalue weighted by Gasteiger charge is 2.55. The summed E-state index contributed by atoms with van der Waals surface area (Å²) >= 11 is 6.04. The monoisotopic (exact) mass is 435 g/mol. The Morgan fingerprint density at radius 2 is 1.87 bits per heavy atom. The molecule has 5 rings (SSSR count). The van der Waals surface area contributed by atoms with Crippen LogP contribution < -0.4 is 4.90 Å². The summed E-state index contributed by atoms with van der Waals surface area (Å²) in [5.41, 5.74) is 3.01. The Kier molecular flexibility index (Phi) is 4.59. The van der Waals surface area contributed by atoms with Crippen molar-refractivity contribution in [3.63, 3.8) is 0 Å². The van der Waals surface area contributed by atoms with Gasteiger partial charge in [0.25, 0.3) is 11.8 Å². The lowest BCUT2D eigenvalue weighted by Gasteiger charge is -2.20. The van der Waals surface area contributed by atoms with E-state index in [-0.39, 0.29) is 12.5 Å². The van der Waals surface area contributed by atoms with Crippen LogP contribution in [-0.2, 0) is 16.1 Å². The Labute approximate surface area is 183 Å². The van der Waals surface area contributed by atoms with Gasteiger partial charge >= 0.3 is 0 Å². The highest BCUT2D eigenvalue weighted by atomic mass is 35.5. The van der Waals surface area contributed by atoms with E-state index in [1.54, 1.807) is 24.3 Å². The summed E-state index contributed by atoms with van der Waals surface area (Å²) in [5, 5.41) is 10.1. The molecule has 1 aromatic heterocycles. The first-order chi connectivity index (χ1) is 14.9. The van der Waals surface area contributed by atoms with Crippen molar-refractivity contribution < 1.29 is 14.0 Å². The molecule has 3 aromatic rings. The van der Waals surface area contributed by atoms with Crippen LogP contribution in [0, 0.1) is 13.8 Å². The molecule has 0 spiro atoms. The van der Waals surface area contributed by atoms with Gasteiger partial charge in [-0.2, -0.15) is 5.11 Å². The van der Waals surface area contributed by atoms with Gasteiger partial charge in [0.2, 0.25) is 5.89 Å². The van der Waals surface area contributed by atoms with Crippen molar-refractivity contribution >= 4 is 29.1 Å². The summed E-state index contributed by atoms with van der Waals surface area (Å²) in [6, 6.07) is 12.7.